The molecule has 0 radical (unpaired) electrons. The highest BCUT2D eigenvalue weighted by molar-refractivity contribution is 14.0. The Labute approximate surface area is 143 Å². The average molecular weight is 401 g/mol. The van der Waals surface area contributed by atoms with Crippen LogP contribution in [0, 0.1) is 6.92 Å². The Kier molecular flexibility index (Phi) is 5.14. The summed E-state index contributed by atoms with van der Waals surface area (Å²) < 4.78 is 5.34. The third-order valence-corrected chi connectivity index (χ3v) is 4.58. The smallest absolute Gasteiger partial charge is 0.191 e. The van der Waals surface area contributed by atoms with E-state index in [0.717, 1.165) is 32.7 Å². The van der Waals surface area contributed by atoms with Crippen molar-refractivity contribution < 1.29 is 4.74 Å². The van der Waals surface area contributed by atoms with Crippen LogP contribution in [-0.2, 0) is 10.2 Å². The third kappa shape index (κ3) is 3.34. The van der Waals surface area contributed by atoms with Crippen LogP contribution in [0.3, 0.4) is 0 Å². The molecule has 2 N–H and O–H groups in total. The van der Waals surface area contributed by atoms with E-state index in [1.165, 1.54) is 11.1 Å². The summed E-state index contributed by atoms with van der Waals surface area (Å²) in [5.74, 6) is 0.676. The second kappa shape index (κ2) is 6.52. The van der Waals surface area contributed by atoms with Crippen molar-refractivity contribution in [3.63, 3.8) is 0 Å². The molecule has 2 aliphatic rings. The van der Waals surface area contributed by atoms with Crippen molar-refractivity contribution in [2.24, 2.45) is 10.7 Å². The van der Waals surface area contributed by atoms with Crippen molar-refractivity contribution in [2.45, 2.75) is 31.7 Å². The highest BCUT2D eigenvalue weighted by Crippen LogP contribution is 2.51. The number of hydrogen-bond acceptors (Lipinski definition) is 2. The summed E-state index contributed by atoms with van der Waals surface area (Å²) in [5, 5.41) is 0. The number of aryl methyl sites for hydroxylation is 1. The summed E-state index contributed by atoms with van der Waals surface area (Å²) >= 11 is 0. The van der Waals surface area contributed by atoms with Gasteiger partial charge in [-0.15, -0.1) is 24.0 Å². The lowest BCUT2D eigenvalue weighted by atomic mass is 9.93. The molecule has 3 rings (SSSR count). The predicted octanol–water partition coefficient (Wildman–Crippen LogP) is 2.29. The number of nitrogens with two attached hydrogens (primary N) is 1. The standard InChI is InChI=1S/C16H23N3O.HI/c1-12-5-3-4-6-13(12)16(2)11-14(16)18-15(17)19-7-9-20-10-8-19;/h3-6,14H,7-11H2,1-2H3,(H2,17,18);1H. The summed E-state index contributed by atoms with van der Waals surface area (Å²) in [6, 6.07) is 8.90. The zero-order valence-electron chi connectivity index (χ0n) is 12.7. The van der Waals surface area contributed by atoms with Gasteiger partial charge in [0.25, 0.3) is 0 Å². The molecule has 5 heteroatoms. The zero-order chi connectivity index (χ0) is 14.2. The molecule has 1 saturated heterocycles. The van der Waals surface area contributed by atoms with Crippen LogP contribution < -0.4 is 5.73 Å². The molecule has 0 spiro atoms. The number of guanidine groups is 1. The fourth-order valence-corrected chi connectivity index (χ4v) is 3.07. The minimum absolute atomic E-state index is 0. The molecular weight excluding hydrogens is 377 g/mol. The van der Waals surface area contributed by atoms with Crippen LogP contribution in [0.25, 0.3) is 0 Å². The summed E-state index contributed by atoms with van der Waals surface area (Å²) in [7, 11) is 0. The molecule has 21 heavy (non-hydrogen) atoms. The van der Waals surface area contributed by atoms with Crippen LogP contribution in [0.1, 0.15) is 24.5 Å². The van der Waals surface area contributed by atoms with Crippen LogP contribution in [0.2, 0.25) is 0 Å². The Morgan fingerprint density at radius 1 is 1.33 bits per heavy atom. The fourth-order valence-electron chi connectivity index (χ4n) is 3.07. The Bertz CT molecular complexity index is 528. The molecule has 2 atom stereocenters. The van der Waals surface area contributed by atoms with E-state index in [-0.39, 0.29) is 29.4 Å². The van der Waals surface area contributed by atoms with E-state index < -0.39 is 0 Å². The minimum atomic E-state index is 0. The van der Waals surface area contributed by atoms with Crippen molar-refractivity contribution in [1.82, 2.24) is 4.90 Å². The van der Waals surface area contributed by atoms with Crippen LogP contribution in [0.4, 0.5) is 0 Å². The summed E-state index contributed by atoms with van der Waals surface area (Å²) in [6.45, 7) is 7.65. The molecule has 0 aromatic heterocycles. The number of nitrogens with zero attached hydrogens (tertiary/aromatic N) is 2. The number of hydrogen-bond donors (Lipinski definition) is 1. The highest BCUT2D eigenvalue weighted by atomic mass is 127. The lowest BCUT2D eigenvalue weighted by molar-refractivity contribution is 0.0674. The van der Waals surface area contributed by atoms with Gasteiger partial charge in [0.05, 0.1) is 19.3 Å². The van der Waals surface area contributed by atoms with E-state index in [1.54, 1.807) is 0 Å². The molecule has 4 nitrogen and oxygen atoms in total. The van der Waals surface area contributed by atoms with E-state index in [2.05, 4.69) is 43.0 Å². The Morgan fingerprint density at radius 3 is 2.67 bits per heavy atom. The first-order valence-electron chi connectivity index (χ1n) is 7.33. The number of halogens is 1. The Balaban J connectivity index is 0.00000161. The van der Waals surface area contributed by atoms with Gasteiger partial charge in [-0.05, 0) is 24.5 Å². The van der Waals surface area contributed by atoms with Crippen molar-refractivity contribution in [3.05, 3.63) is 35.4 Å². The molecule has 1 aliphatic carbocycles. The van der Waals surface area contributed by atoms with Gasteiger partial charge in [0.1, 0.15) is 0 Å². The molecule has 2 unspecified atom stereocenters. The van der Waals surface area contributed by atoms with Gasteiger partial charge in [0.15, 0.2) is 5.96 Å². The van der Waals surface area contributed by atoms with E-state index in [1.807, 2.05) is 0 Å². The van der Waals surface area contributed by atoms with Gasteiger partial charge in [-0.2, -0.15) is 0 Å². The second-order valence-electron chi connectivity index (χ2n) is 6.04. The van der Waals surface area contributed by atoms with Crippen LogP contribution in [0.5, 0.6) is 0 Å². The molecule has 1 aromatic rings. The van der Waals surface area contributed by atoms with Gasteiger partial charge < -0.3 is 15.4 Å². The zero-order valence-corrected chi connectivity index (χ0v) is 15.0. The summed E-state index contributed by atoms with van der Waals surface area (Å²) in [6.07, 6.45) is 1.09. The maximum atomic E-state index is 6.15. The molecule has 1 heterocycles. The monoisotopic (exact) mass is 401 g/mol. The number of rotatable bonds is 2. The number of ether oxygens (including phenoxy) is 1. The normalized spacial score (nSPS) is 29.0. The highest BCUT2D eigenvalue weighted by Gasteiger charge is 2.52. The maximum absolute atomic E-state index is 6.15. The van der Waals surface area contributed by atoms with Crippen LogP contribution in [0.15, 0.2) is 29.3 Å². The molecule has 1 aliphatic heterocycles. The molecule has 116 valence electrons. The quantitative estimate of drug-likeness (QED) is 0.470. The van der Waals surface area contributed by atoms with Gasteiger partial charge in [0, 0.05) is 18.5 Å². The van der Waals surface area contributed by atoms with Crippen molar-refractivity contribution in [1.29, 1.82) is 0 Å². The van der Waals surface area contributed by atoms with E-state index in [4.69, 9.17) is 15.5 Å². The number of aliphatic imine (C=N–C) groups is 1. The van der Waals surface area contributed by atoms with Gasteiger partial charge in [-0.1, -0.05) is 31.2 Å². The van der Waals surface area contributed by atoms with Crippen molar-refractivity contribution >= 4 is 29.9 Å². The Morgan fingerprint density at radius 2 is 2.00 bits per heavy atom. The molecule has 0 bridgehead atoms. The van der Waals surface area contributed by atoms with Gasteiger partial charge >= 0.3 is 0 Å². The maximum Gasteiger partial charge on any atom is 0.191 e. The van der Waals surface area contributed by atoms with E-state index in [0.29, 0.717) is 12.0 Å². The molecule has 1 saturated carbocycles. The lowest BCUT2D eigenvalue weighted by Crippen LogP contribution is -2.45. The summed E-state index contributed by atoms with van der Waals surface area (Å²) in [5.41, 5.74) is 9.05. The Hall–Kier alpha value is -0.820. The first-order chi connectivity index (χ1) is 9.61. The van der Waals surface area contributed by atoms with Gasteiger partial charge in [0.2, 0.25) is 0 Å². The number of morpholine rings is 1. The SMILES string of the molecule is Cc1ccccc1C1(C)CC1N=C(N)N1CCOCC1.I. The van der Waals surface area contributed by atoms with Gasteiger partial charge in [-0.3, -0.25) is 0 Å². The first-order valence-corrected chi connectivity index (χ1v) is 7.33. The predicted molar refractivity (Wildman–Crippen MR) is 96.4 cm³/mol. The van der Waals surface area contributed by atoms with E-state index in [9.17, 15) is 0 Å². The summed E-state index contributed by atoms with van der Waals surface area (Å²) in [4.78, 5) is 6.87. The largest absolute Gasteiger partial charge is 0.378 e. The van der Waals surface area contributed by atoms with Crippen molar-refractivity contribution in [3.8, 4) is 0 Å². The number of benzene rings is 1. The van der Waals surface area contributed by atoms with Crippen LogP contribution in [-0.4, -0.2) is 43.2 Å². The minimum Gasteiger partial charge on any atom is -0.378 e. The molecule has 1 aromatic carbocycles. The fraction of sp³-hybridized carbons (Fsp3) is 0.562. The average Bonchev–Trinajstić information content (AvgIpc) is 3.11. The first kappa shape index (κ1) is 16.5. The van der Waals surface area contributed by atoms with Gasteiger partial charge in [-0.25, -0.2) is 4.99 Å². The van der Waals surface area contributed by atoms with Crippen molar-refractivity contribution in [2.75, 3.05) is 26.3 Å². The lowest BCUT2D eigenvalue weighted by Gasteiger charge is -2.27. The molecule has 2 fully saturated rings. The molecular formula is C16H24IN3O. The van der Waals surface area contributed by atoms with E-state index >= 15 is 0 Å². The van der Waals surface area contributed by atoms with Crippen LogP contribution >= 0.6 is 24.0 Å². The molecule has 0 amide bonds. The topological polar surface area (TPSA) is 50.8 Å². The second-order valence-corrected chi connectivity index (χ2v) is 6.04. The third-order valence-electron chi connectivity index (χ3n) is 4.58.